The fourth-order valence-corrected chi connectivity index (χ4v) is 5.69. The first kappa shape index (κ1) is 21.3. The Bertz CT molecular complexity index is 1140. The van der Waals surface area contributed by atoms with Gasteiger partial charge in [-0.15, -0.1) is 0 Å². The molecular weight excluding hydrogens is 414 g/mol. The Labute approximate surface area is 182 Å². The van der Waals surface area contributed by atoms with Gasteiger partial charge >= 0.3 is 0 Å². The highest BCUT2D eigenvalue weighted by Crippen LogP contribution is 2.26. The van der Waals surface area contributed by atoms with Crippen molar-refractivity contribution in [2.75, 3.05) is 13.1 Å². The number of carbonyl (C=O) groups excluding carboxylic acids is 1. The van der Waals surface area contributed by atoms with Crippen molar-refractivity contribution >= 4 is 15.9 Å². The van der Waals surface area contributed by atoms with E-state index in [4.69, 9.17) is 4.52 Å². The molecule has 1 aliphatic rings. The number of sulfonamides is 1. The molecule has 1 saturated heterocycles. The molecule has 1 N–H and O–H groups in total. The summed E-state index contributed by atoms with van der Waals surface area (Å²) < 4.78 is 32.3. The average molecular weight is 440 g/mol. The number of aryl methyl sites for hydroxylation is 2. The third-order valence-electron chi connectivity index (χ3n) is 5.61. The summed E-state index contributed by atoms with van der Waals surface area (Å²) in [6, 6.07) is 17.4. The molecule has 8 heteroatoms. The van der Waals surface area contributed by atoms with Gasteiger partial charge < -0.3 is 9.84 Å². The lowest BCUT2D eigenvalue weighted by Gasteiger charge is -2.31. The van der Waals surface area contributed by atoms with E-state index >= 15 is 0 Å². The van der Waals surface area contributed by atoms with Crippen LogP contribution in [-0.4, -0.2) is 42.9 Å². The molecule has 31 heavy (non-hydrogen) atoms. The highest BCUT2D eigenvalue weighted by atomic mass is 32.2. The fraction of sp³-hybridized carbons (Fsp3) is 0.304. The number of benzene rings is 2. The van der Waals surface area contributed by atoms with Crippen LogP contribution in [0.5, 0.6) is 0 Å². The van der Waals surface area contributed by atoms with Gasteiger partial charge in [0.25, 0.3) is 5.91 Å². The van der Waals surface area contributed by atoms with E-state index < -0.39 is 10.0 Å². The summed E-state index contributed by atoms with van der Waals surface area (Å²) in [5, 5.41) is 6.79. The summed E-state index contributed by atoms with van der Waals surface area (Å²) in [6.07, 6.45) is 1.10. The number of nitrogens with one attached hydrogen (secondary N) is 1. The molecule has 1 amide bonds. The normalized spacial score (nSPS) is 15.7. The quantitative estimate of drug-likeness (QED) is 0.656. The maximum absolute atomic E-state index is 12.9. The molecule has 0 saturated carbocycles. The SMILES string of the molecule is Cc1noc(C)c1S(=O)(=O)N1CCC(NC(=O)c2ccc(-c3ccccc3)cc2)CC1. The zero-order chi connectivity index (χ0) is 22.0. The van der Waals surface area contributed by atoms with Gasteiger partial charge in [0.15, 0.2) is 5.76 Å². The standard InChI is InChI=1S/C23H25N3O4S/c1-16-22(17(2)30-25-16)31(28,29)26-14-12-21(13-15-26)24-23(27)20-10-8-19(9-11-20)18-6-4-3-5-7-18/h3-11,21H,12-15H2,1-2H3,(H,24,27). The van der Waals surface area contributed by atoms with Gasteiger partial charge in [0, 0.05) is 24.7 Å². The Hall–Kier alpha value is -2.97. The Morgan fingerprint density at radius 2 is 1.61 bits per heavy atom. The molecule has 2 aromatic carbocycles. The number of aromatic nitrogens is 1. The molecule has 0 unspecified atom stereocenters. The van der Waals surface area contributed by atoms with Gasteiger partial charge in [-0.05, 0) is 49.9 Å². The van der Waals surface area contributed by atoms with E-state index in [0.29, 0.717) is 42.9 Å². The number of hydrogen-bond donors (Lipinski definition) is 1. The van der Waals surface area contributed by atoms with Crippen molar-refractivity contribution in [3.63, 3.8) is 0 Å². The first-order valence-corrected chi connectivity index (χ1v) is 11.7. The minimum Gasteiger partial charge on any atom is -0.360 e. The van der Waals surface area contributed by atoms with Crippen LogP contribution in [0.3, 0.4) is 0 Å². The minimum absolute atomic E-state index is 0.0718. The van der Waals surface area contributed by atoms with Crippen LogP contribution in [-0.2, 0) is 10.0 Å². The second kappa shape index (κ2) is 8.64. The topological polar surface area (TPSA) is 92.5 Å². The summed E-state index contributed by atoms with van der Waals surface area (Å²) >= 11 is 0. The highest BCUT2D eigenvalue weighted by Gasteiger charge is 2.34. The molecule has 162 valence electrons. The molecule has 0 spiro atoms. The lowest BCUT2D eigenvalue weighted by atomic mass is 10.0. The molecule has 7 nitrogen and oxygen atoms in total. The van der Waals surface area contributed by atoms with Crippen molar-refractivity contribution in [3.8, 4) is 11.1 Å². The lowest BCUT2D eigenvalue weighted by molar-refractivity contribution is 0.0924. The first-order valence-electron chi connectivity index (χ1n) is 10.3. The number of rotatable bonds is 5. The van der Waals surface area contributed by atoms with Crippen LogP contribution in [0.1, 0.15) is 34.7 Å². The number of amides is 1. The van der Waals surface area contributed by atoms with Gasteiger partial charge in [-0.2, -0.15) is 4.31 Å². The Kier molecular flexibility index (Phi) is 5.93. The van der Waals surface area contributed by atoms with Gasteiger partial charge in [-0.3, -0.25) is 4.79 Å². The molecule has 0 aliphatic carbocycles. The van der Waals surface area contributed by atoms with Crippen LogP contribution in [0, 0.1) is 13.8 Å². The first-order chi connectivity index (χ1) is 14.9. The van der Waals surface area contributed by atoms with Crippen LogP contribution >= 0.6 is 0 Å². The molecule has 0 bridgehead atoms. The largest absolute Gasteiger partial charge is 0.360 e. The molecule has 0 atom stereocenters. The van der Waals surface area contributed by atoms with Crippen molar-refractivity contribution < 1.29 is 17.7 Å². The number of piperidine rings is 1. The van der Waals surface area contributed by atoms with Crippen molar-refractivity contribution in [2.45, 2.75) is 37.6 Å². The van der Waals surface area contributed by atoms with E-state index in [1.807, 2.05) is 54.6 Å². The summed E-state index contributed by atoms with van der Waals surface area (Å²) in [5.74, 6) is 0.151. The fourth-order valence-electron chi connectivity index (χ4n) is 3.93. The summed E-state index contributed by atoms with van der Waals surface area (Å²) in [6.45, 7) is 3.90. The van der Waals surface area contributed by atoms with E-state index in [1.165, 1.54) is 4.31 Å². The van der Waals surface area contributed by atoms with Crippen LogP contribution in [0.15, 0.2) is 64.0 Å². The van der Waals surface area contributed by atoms with E-state index in [0.717, 1.165) is 11.1 Å². The van der Waals surface area contributed by atoms with Gasteiger partial charge in [0.05, 0.1) is 0 Å². The van der Waals surface area contributed by atoms with Gasteiger partial charge in [0.2, 0.25) is 10.0 Å². The third-order valence-corrected chi connectivity index (χ3v) is 7.75. The number of hydrogen-bond acceptors (Lipinski definition) is 5. The molecular formula is C23H25N3O4S. The molecule has 1 fully saturated rings. The lowest BCUT2D eigenvalue weighted by Crippen LogP contribution is -2.46. The second-order valence-electron chi connectivity index (χ2n) is 7.75. The molecule has 0 radical (unpaired) electrons. The van der Waals surface area contributed by atoms with Crippen molar-refractivity contribution in [1.29, 1.82) is 0 Å². The third kappa shape index (κ3) is 4.40. The molecule has 2 heterocycles. The van der Waals surface area contributed by atoms with Gasteiger partial charge in [-0.25, -0.2) is 8.42 Å². The van der Waals surface area contributed by atoms with Crippen LogP contribution in [0.2, 0.25) is 0 Å². The van der Waals surface area contributed by atoms with Gasteiger partial charge in [0.1, 0.15) is 10.6 Å². The molecule has 4 rings (SSSR count). The number of carbonyl (C=O) groups is 1. The predicted molar refractivity (Wildman–Crippen MR) is 117 cm³/mol. The summed E-state index contributed by atoms with van der Waals surface area (Å²) in [5.41, 5.74) is 3.11. The predicted octanol–water partition coefficient (Wildman–Crippen LogP) is 3.54. The second-order valence-corrected chi connectivity index (χ2v) is 9.62. The Morgan fingerprint density at radius 1 is 1.00 bits per heavy atom. The summed E-state index contributed by atoms with van der Waals surface area (Å²) in [7, 11) is -3.65. The molecule has 3 aromatic rings. The monoisotopic (exact) mass is 439 g/mol. The van der Waals surface area contributed by atoms with Crippen molar-refractivity contribution in [2.24, 2.45) is 0 Å². The smallest absolute Gasteiger partial charge is 0.251 e. The maximum atomic E-state index is 12.9. The van der Waals surface area contributed by atoms with Crippen LogP contribution in [0.25, 0.3) is 11.1 Å². The number of nitrogens with zero attached hydrogens (tertiary/aromatic N) is 2. The van der Waals surface area contributed by atoms with E-state index in [-0.39, 0.29) is 16.8 Å². The van der Waals surface area contributed by atoms with Crippen molar-refractivity contribution in [1.82, 2.24) is 14.8 Å². The highest BCUT2D eigenvalue weighted by molar-refractivity contribution is 7.89. The molecule has 1 aliphatic heterocycles. The van der Waals surface area contributed by atoms with E-state index in [1.54, 1.807) is 13.8 Å². The average Bonchev–Trinajstić information content (AvgIpc) is 3.13. The van der Waals surface area contributed by atoms with E-state index in [2.05, 4.69) is 10.5 Å². The molecule has 1 aromatic heterocycles. The minimum atomic E-state index is -3.65. The zero-order valence-electron chi connectivity index (χ0n) is 17.5. The van der Waals surface area contributed by atoms with Crippen LogP contribution < -0.4 is 5.32 Å². The Balaban J connectivity index is 1.36. The maximum Gasteiger partial charge on any atom is 0.251 e. The Morgan fingerprint density at radius 3 is 2.19 bits per heavy atom. The van der Waals surface area contributed by atoms with Crippen molar-refractivity contribution in [3.05, 3.63) is 71.6 Å². The van der Waals surface area contributed by atoms with Gasteiger partial charge in [-0.1, -0.05) is 47.6 Å². The zero-order valence-corrected chi connectivity index (χ0v) is 18.4. The van der Waals surface area contributed by atoms with Crippen LogP contribution in [0.4, 0.5) is 0 Å². The van der Waals surface area contributed by atoms with E-state index in [9.17, 15) is 13.2 Å². The summed E-state index contributed by atoms with van der Waals surface area (Å²) in [4.78, 5) is 12.8.